The number of halogens is 2. The van der Waals surface area contributed by atoms with E-state index in [0.29, 0.717) is 17.5 Å². The molecule has 3 N–H and O–H groups in total. The predicted molar refractivity (Wildman–Crippen MR) is 115 cm³/mol. The number of amides is 1. The van der Waals surface area contributed by atoms with Gasteiger partial charge in [-0.05, 0) is 48.9 Å². The van der Waals surface area contributed by atoms with Crippen molar-refractivity contribution in [3.63, 3.8) is 0 Å². The van der Waals surface area contributed by atoms with Gasteiger partial charge in [0.1, 0.15) is 11.6 Å². The highest BCUT2D eigenvalue weighted by molar-refractivity contribution is 7.91. The van der Waals surface area contributed by atoms with Crippen LogP contribution in [-0.2, 0) is 9.84 Å². The maximum atomic E-state index is 12.9. The number of sulfone groups is 1. The normalized spacial score (nSPS) is 11.2. The molecule has 0 unspecified atom stereocenters. The lowest BCUT2D eigenvalue weighted by atomic mass is 10.2. The van der Waals surface area contributed by atoms with E-state index < -0.39 is 26.4 Å². The van der Waals surface area contributed by atoms with Gasteiger partial charge in [0.05, 0.1) is 10.5 Å². The summed E-state index contributed by atoms with van der Waals surface area (Å²) >= 11 is 0. The van der Waals surface area contributed by atoms with Gasteiger partial charge in [0.25, 0.3) is 5.91 Å². The number of rotatable bonds is 9. The van der Waals surface area contributed by atoms with Crippen LogP contribution in [0.15, 0.2) is 59.6 Å². The Morgan fingerprint density at radius 2 is 1.72 bits per heavy atom. The zero-order chi connectivity index (χ0) is 23.1. The van der Waals surface area contributed by atoms with Gasteiger partial charge in [0.15, 0.2) is 5.82 Å². The molecule has 0 saturated heterocycles. The zero-order valence-corrected chi connectivity index (χ0v) is 17.7. The summed E-state index contributed by atoms with van der Waals surface area (Å²) in [4.78, 5) is 15.8. The molecule has 0 atom stereocenters. The van der Waals surface area contributed by atoms with E-state index >= 15 is 0 Å². The quantitative estimate of drug-likeness (QED) is 0.415. The summed E-state index contributed by atoms with van der Waals surface area (Å²) < 4.78 is 49.2. The Morgan fingerprint density at radius 1 is 1.00 bits per heavy atom. The van der Waals surface area contributed by atoms with Gasteiger partial charge in [0, 0.05) is 19.3 Å². The van der Waals surface area contributed by atoms with Crippen molar-refractivity contribution in [1.82, 2.24) is 20.5 Å². The van der Waals surface area contributed by atoms with E-state index in [0.717, 1.165) is 11.6 Å². The fourth-order valence-electron chi connectivity index (χ4n) is 2.69. The topological polar surface area (TPSA) is 126 Å². The summed E-state index contributed by atoms with van der Waals surface area (Å²) in [6, 6.07) is 11.9. The minimum absolute atomic E-state index is 0.0940. The average Bonchev–Trinajstić information content (AvgIpc) is 2.77. The largest absolute Gasteiger partial charge is 0.367 e. The molecule has 0 aliphatic carbocycles. The van der Waals surface area contributed by atoms with Gasteiger partial charge in [-0.25, -0.2) is 13.4 Å². The van der Waals surface area contributed by atoms with Crippen molar-refractivity contribution in [2.75, 3.05) is 23.7 Å². The minimum atomic E-state index is -4.89. The molecule has 168 valence electrons. The monoisotopic (exact) mass is 462 g/mol. The van der Waals surface area contributed by atoms with Gasteiger partial charge < -0.3 is 16.0 Å². The summed E-state index contributed by atoms with van der Waals surface area (Å²) in [5.41, 5.74) is 0.706. The van der Waals surface area contributed by atoms with Crippen molar-refractivity contribution in [3.05, 3.63) is 65.9 Å². The highest BCUT2D eigenvalue weighted by atomic mass is 32.2. The first kappa shape index (κ1) is 23.0. The molecule has 2 heterocycles. The van der Waals surface area contributed by atoms with Crippen LogP contribution < -0.4 is 16.0 Å². The second-order valence-corrected chi connectivity index (χ2v) is 8.52. The first-order valence-electron chi connectivity index (χ1n) is 9.44. The summed E-state index contributed by atoms with van der Waals surface area (Å²) in [6.07, 6.45) is 1.68. The number of pyridine rings is 1. The molecule has 32 heavy (non-hydrogen) atoms. The number of hydrogen-bond donors (Lipinski definition) is 3. The maximum absolute atomic E-state index is 12.9. The van der Waals surface area contributed by atoms with Crippen LogP contribution in [0.1, 0.15) is 15.9 Å². The number of nitrogens with zero attached hydrogens (tertiary/aromatic N) is 3. The van der Waals surface area contributed by atoms with Crippen LogP contribution in [0.2, 0.25) is 0 Å². The van der Waals surface area contributed by atoms with Crippen molar-refractivity contribution in [1.29, 1.82) is 0 Å². The molecule has 0 aliphatic heterocycles. The molecular weight excluding hydrogens is 442 g/mol. The number of carbonyl (C=O) groups is 1. The Hall–Kier alpha value is -3.67. The van der Waals surface area contributed by atoms with Gasteiger partial charge in [-0.3, -0.25) is 4.79 Å². The SMILES string of the molecule is Cc1ccnc(Nc2ccc(NCCNC(=O)c3ccccc3S(=O)(=O)C(F)F)nn2)c1. The lowest BCUT2D eigenvalue weighted by Gasteiger charge is -2.11. The number of nitrogens with one attached hydrogen (secondary N) is 3. The Labute approximate surface area is 183 Å². The van der Waals surface area contributed by atoms with Crippen LogP contribution in [0.3, 0.4) is 0 Å². The standard InChI is InChI=1S/C20H20F2N6O3S/c1-13-8-9-23-18(12-13)26-17-7-6-16(27-28-17)24-10-11-25-19(29)14-4-2-3-5-15(14)32(30,31)20(21)22/h2-9,12,20H,10-11H2,1H3,(H,24,27)(H,25,29)(H,23,26,28). The highest BCUT2D eigenvalue weighted by Gasteiger charge is 2.30. The van der Waals surface area contributed by atoms with E-state index in [-0.39, 0.29) is 18.7 Å². The lowest BCUT2D eigenvalue weighted by Crippen LogP contribution is -2.30. The van der Waals surface area contributed by atoms with Crippen LogP contribution in [0, 0.1) is 6.92 Å². The number of aromatic nitrogens is 3. The molecule has 12 heteroatoms. The molecule has 0 bridgehead atoms. The molecule has 0 saturated carbocycles. The highest BCUT2D eigenvalue weighted by Crippen LogP contribution is 2.22. The van der Waals surface area contributed by atoms with Crippen LogP contribution in [0.25, 0.3) is 0 Å². The van der Waals surface area contributed by atoms with E-state index in [1.54, 1.807) is 18.3 Å². The van der Waals surface area contributed by atoms with Crippen LogP contribution >= 0.6 is 0 Å². The minimum Gasteiger partial charge on any atom is -0.367 e. The number of benzene rings is 1. The number of anilines is 3. The molecule has 3 rings (SSSR count). The summed E-state index contributed by atoms with van der Waals surface area (Å²) in [6.45, 7) is 2.29. The first-order valence-corrected chi connectivity index (χ1v) is 11.0. The molecular formula is C20H20F2N6O3S. The van der Waals surface area contributed by atoms with Gasteiger partial charge in [-0.1, -0.05) is 12.1 Å². The first-order chi connectivity index (χ1) is 15.3. The number of hydrogen-bond acceptors (Lipinski definition) is 8. The van der Waals surface area contributed by atoms with Crippen LogP contribution in [-0.4, -0.2) is 48.4 Å². The molecule has 0 radical (unpaired) electrons. The molecule has 0 spiro atoms. The van der Waals surface area contributed by atoms with E-state index in [9.17, 15) is 22.0 Å². The van der Waals surface area contributed by atoms with Gasteiger partial charge in [-0.2, -0.15) is 8.78 Å². The molecule has 1 amide bonds. The Kier molecular flexibility index (Phi) is 7.25. The molecule has 0 aliphatic rings. The average molecular weight is 462 g/mol. The summed E-state index contributed by atoms with van der Waals surface area (Å²) in [5.74, 6) is -2.81. The van der Waals surface area contributed by atoms with E-state index in [2.05, 4.69) is 31.1 Å². The van der Waals surface area contributed by atoms with Gasteiger partial charge in [0.2, 0.25) is 9.84 Å². The molecule has 0 fully saturated rings. The smallest absolute Gasteiger partial charge is 0.341 e. The summed E-state index contributed by atoms with van der Waals surface area (Å²) in [7, 11) is -4.89. The zero-order valence-electron chi connectivity index (χ0n) is 16.9. The lowest BCUT2D eigenvalue weighted by molar-refractivity contribution is 0.0951. The molecule has 2 aromatic heterocycles. The fraction of sp³-hybridized carbons (Fsp3) is 0.200. The number of aryl methyl sites for hydroxylation is 1. The van der Waals surface area contributed by atoms with Gasteiger partial charge >= 0.3 is 5.76 Å². The molecule has 1 aromatic carbocycles. The van der Waals surface area contributed by atoms with Crippen molar-refractivity contribution in [2.45, 2.75) is 17.6 Å². The Balaban J connectivity index is 1.52. The van der Waals surface area contributed by atoms with Crippen molar-refractivity contribution < 1.29 is 22.0 Å². The third-order valence-electron chi connectivity index (χ3n) is 4.23. The van der Waals surface area contributed by atoms with E-state index in [1.165, 1.54) is 18.2 Å². The fourth-order valence-corrected chi connectivity index (χ4v) is 3.62. The van der Waals surface area contributed by atoms with Crippen molar-refractivity contribution >= 4 is 33.2 Å². The Morgan fingerprint density at radius 3 is 2.41 bits per heavy atom. The Bertz CT molecular complexity index is 1190. The number of carbonyl (C=O) groups excluding carboxylic acids is 1. The second-order valence-electron chi connectivity index (χ2n) is 6.63. The van der Waals surface area contributed by atoms with Gasteiger partial charge in [-0.15, -0.1) is 10.2 Å². The third kappa shape index (κ3) is 5.72. The molecule has 3 aromatic rings. The van der Waals surface area contributed by atoms with Crippen molar-refractivity contribution in [3.8, 4) is 0 Å². The second kappa shape index (κ2) is 10.1. The van der Waals surface area contributed by atoms with E-state index in [1.807, 2.05) is 19.1 Å². The molecule has 9 nitrogen and oxygen atoms in total. The van der Waals surface area contributed by atoms with Crippen LogP contribution in [0.4, 0.5) is 26.2 Å². The van der Waals surface area contributed by atoms with Crippen LogP contribution in [0.5, 0.6) is 0 Å². The predicted octanol–water partition coefficient (Wildman–Crippen LogP) is 2.76. The van der Waals surface area contributed by atoms with E-state index in [4.69, 9.17) is 0 Å². The van der Waals surface area contributed by atoms with Crippen molar-refractivity contribution in [2.24, 2.45) is 0 Å². The third-order valence-corrected chi connectivity index (χ3v) is 5.66. The summed E-state index contributed by atoms with van der Waals surface area (Å²) in [5, 5.41) is 16.5. The maximum Gasteiger partial charge on any atom is 0.341 e. The number of alkyl halides is 2.